The van der Waals surface area contributed by atoms with Crippen LogP contribution in [0, 0.1) is 0 Å². The molecule has 0 fully saturated rings. The Hall–Kier alpha value is -2.81. The lowest BCUT2D eigenvalue weighted by Crippen LogP contribution is -2.37. The van der Waals surface area contributed by atoms with Gasteiger partial charge in [-0.1, -0.05) is 285 Å². The maximum absolute atomic E-state index is 12.9. The number of carbonyl (C=O) groups excluding carboxylic acids is 2. The van der Waals surface area contributed by atoms with Crippen LogP contribution in [0.4, 0.5) is 0 Å². The number of carbonyl (C=O) groups is 2. The molecule has 0 heterocycles. The van der Waals surface area contributed by atoms with Crippen molar-refractivity contribution in [2.75, 3.05) is 47.5 Å². The van der Waals surface area contributed by atoms with Crippen LogP contribution in [-0.2, 0) is 32.7 Å². The molecule has 0 aliphatic rings. The van der Waals surface area contributed by atoms with E-state index in [4.69, 9.17) is 18.5 Å². The van der Waals surface area contributed by atoms with Crippen LogP contribution in [0.5, 0.6) is 0 Å². The largest absolute Gasteiger partial charge is 0.472 e. The number of hydrogen-bond acceptors (Lipinski definition) is 7. The number of unbranched alkanes of at least 4 members (excludes halogenated alkanes) is 31. The molecule has 0 saturated carbocycles. The fourth-order valence-electron chi connectivity index (χ4n) is 9.00. The van der Waals surface area contributed by atoms with Crippen LogP contribution < -0.4 is 0 Å². The van der Waals surface area contributed by atoms with Crippen molar-refractivity contribution in [2.45, 2.75) is 290 Å². The van der Waals surface area contributed by atoms with Crippen molar-refractivity contribution in [1.29, 1.82) is 0 Å². The summed E-state index contributed by atoms with van der Waals surface area (Å²) in [6, 6.07) is 0. The van der Waals surface area contributed by atoms with Crippen LogP contribution in [0.15, 0.2) is 85.1 Å². The molecule has 9 nitrogen and oxygen atoms in total. The minimum atomic E-state index is -4.39. The van der Waals surface area contributed by atoms with E-state index in [1.165, 1.54) is 161 Å². The average molecular weight is 1110 g/mol. The Morgan fingerprint density at radius 2 is 0.731 bits per heavy atom. The van der Waals surface area contributed by atoms with E-state index in [-0.39, 0.29) is 32.0 Å². The Labute approximate surface area is 481 Å². The van der Waals surface area contributed by atoms with Crippen molar-refractivity contribution >= 4 is 19.8 Å². The highest BCUT2D eigenvalue weighted by Crippen LogP contribution is 2.43. The zero-order valence-electron chi connectivity index (χ0n) is 51.4. The molecule has 2 unspecified atom stereocenters. The molecule has 78 heavy (non-hydrogen) atoms. The monoisotopic (exact) mass is 1110 g/mol. The first-order valence-corrected chi connectivity index (χ1v) is 33.8. The van der Waals surface area contributed by atoms with Gasteiger partial charge in [0.15, 0.2) is 6.10 Å². The minimum Gasteiger partial charge on any atom is -0.462 e. The standard InChI is InChI=1S/C68H122NO8P/c1-6-8-10-12-14-16-18-20-22-24-26-28-30-31-32-33-34-35-36-37-39-41-43-45-47-49-51-53-55-57-59-61-68(71)77-66(65-76-78(72,73)75-63-62-69(3,4)5)64-74-67(70)60-58-56-54-52-50-48-46-44-42-40-38-29-27-25-23-21-19-17-15-13-11-9-7-2/h8,10,14,16,20,22,26,28,31-32,34-35,37,39,66H,6-7,9,11-13,15,17-19,21,23-25,27,29-30,33,36,38,40-65H2,1-5H3/p+1/b10-8-,16-14-,22-20-,28-26-,32-31-,35-34-,39-37-. The number of phosphoric acid groups is 1. The molecule has 0 saturated heterocycles. The van der Waals surface area contributed by atoms with Gasteiger partial charge in [0.05, 0.1) is 27.7 Å². The van der Waals surface area contributed by atoms with E-state index < -0.39 is 26.5 Å². The summed E-state index contributed by atoms with van der Waals surface area (Å²) in [6.45, 7) is 4.35. The van der Waals surface area contributed by atoms with Gasteiger partial charge < -0.3 is 18.9 Å². The molecular weight excluding hydrogens is 990 g/mol. The third kappa shape index (κ3) is 62.4. The number of likely N-dealkylation sites (N-methyl/N-ethyl adjacent to an activating group) is 1. The van der Waals surface area contributed by atoms with Crippen LogP contribution >= 0.6 is 7.82 Å². The van der Waals surface area contributed by atoms with E-state index in [2.05, 4.69) is 98.9 Å². The summed E-state index contributed by atoms with van der Waals surface area (Å²) in [6.07, 6.45) is 79.5. The predicted octanol–water partition coefficient (Wildman–Crippen LogP) is 20.6. The number of allylic oxidation sites excluding steroid dienone is 14. The summed E-state index contributed by atoms with van der Waals surface area (Å²) in [7, 11) is 1.47. The summed E-state index contributed by atoms with van der Waals surface area (Å²) in [5, 5.41) is 0. The molecule has 0 aliphatic heterocycles. The lowest BCUT2D eigenvalue weighted by Gasteiger charge is -2.24. The highest BCUT2D eigenvalue weighted by molar-refractivity contribution is 7.47. The van der Waals surface area contributed by atoms with Crippen molar-refractivity contribution in [3.63, 3.8) is 0 Å². The van der Waals surface area contributed by atoms with Gasteiger partial charge in [0.2, 0.25) is 0 Å². The molecule has 1 N–H and O–H groups in total. The second-order valence-electron chi connectivity index (χ2n) is 22.8. The zero-order chi connectivity index (χ0) is 57.0. The molecule has 0 aromatic heterocycles. The summed E-state index contributed by atoms with van der Waals surface area (Å²) in [5.74, 6) is -0.796. The van der Waals surface area contributed by atoms with E-state index in [1.54, 1.807) is 0 Å². The maximum Gasteiger partial charge on any atom is 0.472 e. The molecule has 0 radical (unpaired) electrons. The van der Waals surface area contributed by atoms with Crippen LogP contribution in [0.1, 0.15) is 284 Å². The summed E-state index contributed by atoms with van der Waals surface area (Å²) in [4.78, 5) is 35.8. The Morgan fingerprint density at radius 3 is 1.09 bits per heavy atom. The van der Waals surface area contributed by atoms with Crippen LogP contribution in [0.3, 0.4) is 0 Å². The van der Waals surface area contributed by atoms with Crippen molar-refractivity contribution in [3.8, 4) is 0 Å². The van der Waals surface area contributed by atoms with Gasteiger partial charge in [-0.25, -0.2) is 4.57 Å². The Balaban J connectivity index is 4.13. The SMILES string of the molecule is CC/C=C\C/C=C\C/C=C\C/C=C\C/C=C\C/C=C\C/C=C\CCCCCCCCCCCC(=O)OC(COC(=O)CCCCCCCCCCCCCCCCCCCCCCCCC)COP(=O)(O)OCC[N+](C)(C)C. The summed E-state index contributed by atoms with van der Waals surface area (Å²) in [5.41, 5.74) is 0. The number of quaternary nitrogens is 1. The number of phosphoric ester groups is 1. The normalized spacial score (nSPS) is 13.8. The highest BCUT2D eigenvalue weighted by atomic mass is 31.2. The first-order valence-electron chi connectivity index (χ1n) is 32.3. The molecule has 0 amide bonds. The van der Waals surface area contributed by atoms with E-state index >= 15 is 0 Å². The second-order valence-corrected chi connectivity index (χ2v) is 24.2. The molecule has 452 valence electrons. The van der Waals surface area contributed by atoms with Crippen LogP contribution in [0.2, 0.25) is 0 Å². The Bertz CT molecular complexity index is 1590. The highest BCUT2D eigenvalue weighted by Gasteiger charge is 2.27. The third-order valence-corrected chi connectivity index (χ3v) is 14.9. The third-order valence-electron chi connectivity index (χ3n) is 13.9. The van der Waals surface area contributed by atoms with Gasteiger partial charge in [-0.2, -0.15) is 0 Å². The van der Waals surface area contributed by atoms with Crippen LogP contribution in [-0.4, -0.2) is 74.9 Å². The first kappa shape index (κ1) is 75.2. The van der Waals surface area contributed by atoms with Crippen molar-refractivity contribution < 1.29 is 42.1 Å². The topological polar surface area (TPSA) is 108 Å². The van der Waals surface area contributed by atoms with Crippen molar-refractivity contribution in [3.05, 3.63) is 85.1 Å². The number of rotatable bonds is 59. The molecule has 0 spiro atoms. The fraction of sp³-hybridized carbons (Fsp3) is 0.765. The van der Waals surface area contributed by atoms with Crippen molar-refractivity contribution in [2.24, 2.45) is 0 Å². The number of esters is 2. The number of hydrogen-bond donors (Lipinski definition) is 1. The quantitative estimate of drug-likeness (QED) is 0.0211. The molecular formula is C68H123NO8P+. The summed E-state index contributed by atoms with van der Waals surface area (Å²) >= 11 is 0. The smallest absolute Gasteiger partial charge is 0.462 e. The minimum absolute atomic E-state index is 0.0285. The van der Waals surface area contributed by atoms with Gasteiger partial charge >= 0.3 is 19.8 Å². The van der Waals surface area contributed by atoms with E-state index in [0.717, 1.165) is 89.9 Å². The lowest BCUT2D eigenvalue weighted by molar-refractivity contribution is -0.870. The predicted molar refractivity (Wildman–Crippen MR) is 335 cm³/mol. The van der Waals surface area contributed by atoms with E-state index in [9.17, 15) is 19.0 Å². The lowest BCUT2D eigenvalue weighted by atomic mass is 10.0. The molecule has 0 aliphatic carbocycles. The van der Waals surface area contributed by atoms with Gasteiger partial charge in [0.1, 0.15) is 19.8 Å². The second kappa shape index (κ2) is 58.8. The number of ether oxygens (including phenoxy) is 2. The van der Waals surface area contributed by atoms with Crippen molar-refractivity contribution in [1.82, 2.24) is 0 Å². The summed E-state index contributed by atoms with van der Waals surface area (Å²) < 4.78 is 34.7. The van der Waals surface area contributed by atoms with Gasteiger partial charge in [-0.3, -0.25) is 18.6 Å². The van der Waals surface area contributed by atoms with Gasteiger partial charge in [0.25, 0.3) is 0 Å². The molecule has 10 heteroatoms. The molecule has 0 aromatic rings. The van der Waals surface area contributed by atoms with Gasteiger partial charge in [-0.15, -0.1) is 0 Å². The molecule has 0 bridgehead atoms. The Kier molecular flexibility index (Phi) is 56.7. The van der Waals surface area contributed by atoms with Crippen LogP contribution in [0.25, 0.3) is 0 Å². The van der Waals surface area contributed by atoms with E-state index in [1.807, 2.05) is 21.1 Å². The fourth-order valence-corrected chi connectivity index (χ4v) is 9.74. The van der Waals surface area contributed by atoms with E-state index in [0.29, 0.717) is 17.4 Å². The molecule has 0 rings (SSSR count). The first-order chi connectivity index (χ1) is 38.0. The Morgan fingerprint density at radius 1 is 0.410 bits per heavy atom. The average Bonchev–Trinajstić information content (AvgIpc) is 3.40. The van der Waals surface area contributed by atoms with Gasteiger partial charge in [0, 0.05) is 12.8 Å². The molecule has 0 aromatic carbocycles. The zero-order valence-corrected chi connectivity index (χ0v) is 52.3. The maximum atomic E-state index is 12.9. The molecule has 2 atom stereocenters. The van der Waals surface area contributed by atoms with Gasteiger partial charge in [-0.05, 0) is 70.6 Å². The number of nitrogens with zero attached hydrogens (tertiary/aromatic N) is 1.